The number of hydrogen-bond donors (Lipinski definition) is 1. The van der Waals surface area contributed by atoms with Crippen LogP contribution in [0.4, 0.5) is 5.69 Å². The van der Waals surface area contributed by atoms with E-state index in [1.807, 2.05) is 0 Å². The highest BCUT2D eigenvalue weighted by atomic mass is 16.5. The molecule has 1 aromatic rings. The van der Waals surface area contributed by atoms with Gasteiger partial charge in [-0.1, -0.05) is 31.4 Å². The number of ether oxygens (including phenoxy) is 2. The SMILES string of the molecule is O=C(COC(=O)CN1C(=O)COc2ccccc21)NC1CCCCC1. The summed E-state index contributed by atoms with van der Waals surface area (Å²) < 4.78 is 10.3. The van der Waals surface area contributed by atoms with Gasteiger partial charge in [-0.25, -0.2) is 0 Å². The number of amides is 2. The quantitative estimate of drug-likeness (QED) is 0.815. The van der Waals surface area contributed by atoms with Crippen molar-refractivity contribution >= 4 is 23.5 Å². The first-order chi connectivity index (χ1) is 12.1. The Morgan fingerprint density at radius 2 is 1.96 bits per heavy atom. The maximum Gasteiger partial charge on any atom is 0.326 e. The number of anilines is 1. The number of rotatable bonds is 5. The molecule has 0 radical (unpaired) electrons. The van der Waals surface area contributed by atoms with Gasteiger partial charge in [-0.2, -0.15) is 0 Å². The molecular formula is C18H22N2O5. The smallest absolute Gasteiger partial charge is 0.326 e. The number of carbonyl (C=O) groups is 3. The summed E-state index contributed by atoms with van der Waals surface area (Å²) in [6.07, 6.45) is 5.38. The molecule has 25 heavy (non-hydrogen) atoms. The van der Waals surface area contributed by atoms with Crippen LogP contribution in [0.15, 0.2) is 24.3 Å². The fourth-order valence-corrected chi connectivity index (χ4v) is 3.16. The molecule has 1 aliphatic heterocycles. The molecule has 7 heteroatoms. The minimum atomic E-state index is -0.621. The Labute approximate surface area is 146 Å². The lowest BCUT2D eigenvalue weighted by molar-refractivity contribution is -0.148. The first-order valence-electron chi connectivity index (χ1n) is 8.60. The highest BCUT2D eigenvalue weighted by Gasteiger charge is 2.27. The molecule has 0 unspecified atom stereocenters. The zero-order chi connectivity index (χ0) is 17.6. The molecule has 1 heterocycles. The van der Waals surface area contributed by atoms with Gasteiger partial charge < -0.3 is 14.8 Å². The fourth-order valence-electron chi connectivity index (χ4n) is 3.16. The number of benzene rings is 1. The first kappa shape index (κ1) is 17.3. The largest absolute Gasteiger partial charge is 0.482 e. The van der Waals surface area contributed by atoms with Gasteiger partial charge >= 0.3 is 5.97 Å². The molecule has 1 aliphatic carbocycles. The lowest BCUT2D eigenvalue weighted by atomic mass is 9.95. The van der Waals surface area contributed by atoms with Crippen LogP contribution in [0.1, 0.15) is 32.1 Å². The molecule has 2 aliphatic rings. The van der Waals surface area contributed by atoms with Gasteiger partial charge in [0.15, 0.2) is 13.2 Å². The maximum atomic E-state index is 12.0. The van der Waals surface area contributed by atoms with E-state index >= 15 is 0 Å². The number of nitrogens with zero attached hydrogens (tertiary/aromatic N) is 1. The second kappa shape index (κ2) is 8.00. The van der Waals surface area contributed by atoms with E-state index in [0.717, 1.165) is 25.7 Å². The molecule has 1 aromatic carbocycles. The highest BCUT2D eigenvalue weighted by molar-refractivity contribution is 6.01. The molecule has 0 spiro atoms. The Hall–Kier alpha value is -2.57. The highest BCUT2D eigenvalue weighted by Crippen LogP contribution is 2.31. The fraction of sp³-hybridized carbons (Fsp3) is 0.500. The monoisotopic (exact) mass is 346 g/mol. The molecule has 134 valence electrons. The van der Waals surface area contributed by atoms with Crippen LogP contribution in [-0.2, 0) is 19.1 Å². The Morgan fingerprint density at radius 1 is 1.20 bits per heavy atom. The van der Waals surface area contributed by atoms with Crippen molar-refractivity contribution in [3.63, 3.8) is 0 Å². The Morgan fingerprint density at radius 3 is 2.76 bits per heavy atom. The second-order valence-corrected chi connectivity index (χ2v) is 6.30. The number of nitrogens with one attached hydrogen (secondary N) is 1. The van der Waals surface area contributed by atoms with Crippen molar-refractivity contribution < 1.29 is 23.9 Å². The van der Waals surface area contributed by atoms with Crippen molar-refractivity contribution in [3.05, 3.63) is 24.3 Å². The Kier molecular flexibility index (Phi) is 5.53. The van der Waals surface area contributed by atoms with Gasteiger partial charge in [0.25, 0.3) is 11.8 Å². The maximum absolute atomic E-state index is 12.0. The second-order valence-electron chi connectivity index (χ2n) is 6.30. The van der Waals surface area contributed by atoms with Crippen molar-refractivity contribution in [2.75, 3.05) is 24.7 Å². The van der Waals surface area contributed by atoms with E-state index in [0.29, 0.717) is 11.4 Å². The Balaban J connectivity index is 1.49. The number of fused-ring (bicyclic) bond motifs is 1. The third-order valence-electron chi connectivity index (χ3n) is 4.43. The molecule has 1 fully saturated rings. The van der Waals surface area contributed by atoms with Crippen LogP contribution < -0.4 is 15.0 Å². The average molecular weight is 346 g/mol. The van der Waals surface area contributed by atoms with E-state index in [1.165, 1.54) is 11.3 Å². The van der Waals surface area contributed by atoms with Gasteiger partial charge in [0.2, 0.25) is 0 Å². The lowest BCUT2D eigenvalue weighted by Crippen LogP contribution is -2.43. The first-order valence-corrected chi connectivity index (χ1v) is 8.60. The molecule has 7 nitrogen and oxygen atoms in total. The van der Waals surface area contributed by atoms with E-state index in [9.17, 15) is 14.4 Å². The van der Waals surface area contributed by atoms with Gasteiger partial charge in [0.1, 0.15) is 12.3 Å². The third-order valence-corrected chi connectivity index (χ3v) is 4.43. The molecule has 0 atom stereocenters. The predicted molar refractivity (Wildman–Crippen MR) is 90.3 cm³/mol. The number of esters is 1. The summed E-state index contributed by atoms with van der Waals surface area (Å²) in [5.74, 6) is -0.690. The minimum Gasteiger partial charge on any atom is -0.482 e. The van der Waals surface area contributed by atoms with Crippen molar-refractivity contribution in [3.8, 4) is 5.75 Å². The van der Waals surface area contributed by atoms with E-state index < -0.39 is 5.97 Å². The van der Waals surface area contributed by atoms with E-state index in [4.69, 9.17) is 9.47 Å². The average Bonchev–Trinajstić information content (AvgIpc) is 2.63. The summed E-state index contributed by atoms with van der Waals surface area (Å²) in [6.45, 7) is -0.683. The summed E-state index contributed by atoms with van der Waals surface area (Å²) in [7, 11) is 0. The summed E-state index contributed by atoms with van der Waals surface area (Å²) in [5, 5.41) is 2.89. The lowest BCUT2D eigenvalue weighted by Gasteiger charge is -2.28. The van der Waals surface area contributed by atoms with Crippen LogP contribution in [0.3, 0.4) is 0 Å². The number of carbonyl (C=O) groups excluding carboxylic acids is 3. The van der Waals surface area contributed by atoms with Crippen LogP contribution in [0, 0.1) is 0 Å². The van der Waals surface area contributed by atoms with Crippen molar-refractivity contribution in [1.29, 1.82) is 0 Å². The minimum absolute atomic E-state index is 0.119. The van der Waals surface area contributed by atoms with Crippen LogP contribution in [0.2, 0.25) is 0 Å². The van der Waals surface area contributed by atoms with Gasteiger partial charge in [-0.15, -0.1) is 0 Å². The van der Waals surface area contributed by atoms with E-state index in [-0.39, 0.29) is 37.6 Å². The zero-order valence-corrected chi connectivity index (χ0v) is 14.0. The summed E-state index contributed by atoms with van der Waals surface area (Å²) >= 11 is 0. The van der Waals surface area contributed by atoms with Crippen molar-refractivity contribution in [2.24, 2.45) is 0 Å². The summed E-state index contributed by atoms with van der Waals surface area (Å²) in [4.78, 5) is 37.2. The molecule has 2 amide bonds. The Bertz CT molecular complexity index is 655. The zero-order valence-electron chi connectivity index (χ0n) is 14.0. The van der Waals surface area contributed by atoms with Crippen LogP contribution >= 0.6 is 0 Å². The molecule has 3 rings (SSSR count). The topological polar surface area (TPSA) is 84.9 Å². The van der Waals surface area contributed by atoms with Crippen molar-refractivity contribution in [2.45, 2.75) is 38.1 Å². The predicted octanol–water partition coefficient (Wildman–Crippen LogP) is 1.40. The molecule has 0 aromatic heterocycles. The van der Waals surface area contributed by atoms with E-state index in [2.05, 4.69) is 5.32 Å². The van der Waals surface area contributed by atoms with Gasteiger partial charge in [0.05, 0.1) is 5.69 Å². The van der Waals surface area contributed by atoms with Crippen LogP contribution in [0.5, 0.6) is 5.75 Å². The normalized spacial score (nSPS) is 17.4. The van der Waals surface area contributed by atoms with Gasteiger partial charge in [-0.3, -0.25) is 19.3 Å². The summed E-state index contributed by atoms with van der Waals surface area (Å²) in [5.41, 5.74) is 0.530. The number of para-hydroxylation sites is 2. The van der Waals surface area contributed by atoms with Gasteiger partial charge in [0, 0.05) is 6.04 Å². The van der Waals surface area contributed by atoms with Gasteiger partial charge in [-0.05, 0) is 25.0 Å². The molecular weight excluding hydrogens is 324 g/mol. The molecule has 1 saturated carbocycles. The molecule has 0 saturated heterocycles. The summed E-state index contributed by atoms with van der Waals surface area (Å²) in [6, 6.07) is 7.16. The molecule has 1 N–H and O–H groups in total. The van der Waals surface area contributed by atoms with Crippen molar-refractivity contribution in [1.82, 2.24) is 5.32 Å². The van der Waals surface area contributed by atoms with E-state index in [1.54, 1.807) is 24.3 Å². The standard InChI is InChI=1S/C18H22N2O5/c21-16(19-13-6-2-1-3-7-13)11-25-18(23)10-20-14-8-4-5-9-15(14)24-12-17(20)22/h4-5,8-9,13H,1-3,6-7,10-12H2,(H,19,21). The third kappa shape index (κ3) is 4.49. The molecule has 0 bridgehead atoms. The van der Waals surface area contributed by atoms with Crippen LogP contribution in [-0.4, -0.2) is 43.6 Å². The number of hydrogen-bond acceptors (Lipinski definition) is 5. The van der Waals surface area contributed by atoms with Crippen LogP contribution in [0.25, 0.3) is 0 Å².